The van der Waals surface area contributed by atoms with Gasteiger partial charge in [0, 0.05) is 0 Å². The average molecular weight is 248 g/mol. The first-order valence-electron chi connectivity index (χ1n) is 6.54. The highest BCUT2D eigenvalue weighted by molar-refractivity contribution is 5.92. The number of hydrogen-bond donors (Lipinski definition) is 0. The van der Waals surface area contributed by atoms with E-state index < -0.39 is 0 Å². The van der Waals surface area contributed by atoms with Crippen molar-refractivity contribution in [3.8, 4) is 5.75 Å². The summed E-state index contributed by atoms with van der Waals surface area (Å²) in [4.78, 5) is 12.1. The predicted molar refractivity (Wildman–Crippen MR) is 69.8 cm³/mol. The molecule has 3 heteroatoms. The van der Waals surface area contributed by atoms with Gasteiger partial charge in [0.25, 0.3) is 0 Å². The predicted octanol–water partition coefficient (Wildman–Crippen LogP) is 3.43. The molecule has 0 aliphatic heterocycles. The van der Waals surface area contributed by atoms with Crippen LogP contribution in [0.25, 0.3) is 0 Å². The second-order valence-electron chi connectivity index (χ2n) is 4.99. The number of rotatable bonds is 3. The van der Waals surface area contributed by atoms with E-state index >= 15 is 0 Å². The maximum absolute atomic E-state index is 12.1. The van der Waals surface area contributed by atoms with Crippen molar-refractivity contribution in [2.45, 2.75) is 38.7 Å². The van der Waals surface area contributed by atoms with Crippen LogP contribution in [0.5, 0.6) is 5.75 Å². The molecule has 3 nitrogen and oxygen atoms in total. The van der Waals surface area contributed by atoms with Crippen molar-refractivity contribution in [3.05, 3.63) is 29.8 Å². The van der Waals surface area contributed by atoms with Crippen molar-refractivity contribution in [2.75, 3.05) is 7.11 Å². The normalized spacial score (nSPS) is 23.4. The van der Waals surface area contributed by atoms with Crippen LogP contribution >= 0.6 is 0 Å². The summed E-state index contributed by atoms with van der Waals surface area (Å²) in [5, 5.41) is 0. The number of hydrogen-bond acceptors (Lipinski definition) is 3. The molecule has 1 aromatic carbocycles. The summed E-state index contributed by atoms with van der Waals surface area (Å²) in [5.41, 5.74) is 0.513. The lowest BCUT2D eigenvalue weighted by molar-refractivity contribution is 0.0171. The van der Waals surface area contributed by atoms with Crippen molar-refractivity contribution in [3.63, 3.8) is 0 Å². The summed E-state index contributed by atoms with van der Waals surface area (Å²) < 4.78 is 10.7. The maximum atomic E-state index is 12.1. The van der Waals surface area contributed by atoms with Crippen molar-refractivity contribution in [1.82, 2.24) is 0 Å². The Morgan fingerprint density at radius 1 is 1.17 bits per heavy atom. The fourth-order valence-corrected chi connectivity index (χ4v) is 2.38. The third kappa shape index (κ3) is 3.03. The zero-order valence-corrected chi connectivity index (χ0v) is 11.0. The van der Waals surface area contributed by atoms with Crippen LogP contribution in [0.4, 0.5) is 0 Å². The molecule has 1 aliphatic carbocycles. The minimum atomic E-state index is -0.271. The Kier molecular flexibility index (Phi) is 4.24. The summed E-state index contributed by atoms with van der Waals surface area (Å²) in [6, 6.07) is 7.19. The van der Waals surface area contributed by atoms with Gasteiger partial charge in [0.2, 0.25) is 0 Å². The molecule has 0 amide bonds. The van der Waals surface area contributed by atoms with Crippen LogP contribution in [0.3, 0.4) is 0 Å². The number of esters is 1. The van der Waals surface area contributed by atoms with E-state index in [9.17, 15) is 4.79 Å². The van der Waals surface area contributed by atoms with Crippen LogP contribution in [0.15, 0.2) is 24.3 Å². The highest BCUT2D eigenvalue weighted by atomic mass is 16.5. The van der Waals surface area contributed by atoms with Gasteiger partial charge >= 0.3 is 5.97 Å². The van der Waals surface area contributed by atoms with Gasteiger partial charge in [-0.15, -0.1) is 0 Å². The lowest BCUT2D eigenvalue weighted by Crippen LogP contribution is -2.23. The van der Waals surface area contributed by atoms with Crippen LogP contribution in [-0.2, 0) is 4.74 Å². The Labute approximate surface area is 108 Å². The van der Waals surface area contributed by atoms with Crippen molar-refractivity contribution >= 4 is 5.97 Å². The standard InChI is InChI=1S/C15H20O3/c1-11-7-9-12(10-8-11)18-15(16)13-5-3-4-6-14(13)17-2/h3-6,11-12H,7-10H2,1-2H3. The number of methoxy groups -OCH3 is 1. The van der Waals surface area contributed by atoms with E-state index in [2.05, 4.69) is 6.92 Å². The van der Waals surface area contributed by atoms with Crippen LogP contribution in [0.1, 0.15) is 43.0 Å². The summed E-state index contributed by atoms with van der Waals surface area (Å²) in [6.45, 7) is 2.25. The third-order valence-electron chi connectivity index (χ3n) is 3.56. The third-order valence-corrected chi connectivity index (χ3v) is 3.56. The van der Waals surface area contributed by atoms with Crippen molar-refractivity contribution in [1.29, 1.82) is 0 Å². The number of benzene rings is 1. The van der Waals surface area contributed by atoms with E-state index in [1.54, 1.807) is 19.2 Å². The van der Waals surface area contributed by atoms with Gasteiger partial charge in [-0.3, -0.25) is 0 Å². The maximum Gasteiger partial charge on any atom is 0.342 e. The van der Waals surface area contributed by atoms with E-state index in [1.807, 2.05) is 12.1 Å². The molecule has 0 N–H and O–H groups in total. The molecular formula is C15H20O3. The molecule has 1 fully saturated rings. The van der Waals surface area contributed by atoms with Gasteiger partial charge in [-0.2, -0.15) is 0 Å². The Morgan fingerprint density at radius 2 is 1.83 bits per heavy atom. The van der Waals surface area contributed by atoms with Gasteiger partial charge in [0.1, 0.15) is 17.4 Å². The van der Waals surface area contributed by atoms with E-state index in [0.717, 1.165) is 31.6 Å². The van der Waals surface area contributed by atoms with Gasteiger partial charge in [0.05, 0.1) is 7.11 Å². The van der Waals surface area contributed by atoms with Crippen LogP contribution < -0.4 is 4.74 Å². The Morgan fingerprint density at radius 3 is 2.50 bits per heavy atom. The molecule has 1 saturated carbocycles. The Bertz CT molecular complexity index is 406. The first-order valence-corrected chi connectivity index (χ1v) is 6.54. The summed E-state index contributed by atoms with van der Waals surface area (Å²) in [7, 11) is 1.56. The quantitative estimate of drug-likeness (QED) is 0.769. The molecule has 1 aliphatic rings. The molecule has 0 aromatic heterocycles. The fraction of sp³-hybridized carbons (Fsp3) is 0.533. The lowest BCUT2D eigenvalue weighted by Gasteiger charge is -2.26. The number of carbonyl (C=O) groups excluding carboxylic acids is 1. The van der Waals surface area contributed by atoms with Crippen molar-refractivity contribution < 1.29 is 14.3 Å². The second-order valence-corrected chi connectivity index (χ2v) is 4.99. The molecule has 2 rings (SSSR count). The van der Waals surface area contributed by atoms with Gasteiger partial charge in [-0.1, -0.05) is 19.1 Å². The molecule has 0 unspecified atom stereocenters. The smallest absolute Gasteiger partial charge is 0.342 e. The molecule has 18 heavy (non-hydrogen) atoms. The van der Waals surface area contributed by atoms with E-state index in [1.165, 1.54) is 0 Å². The molecule has 98 valence electrons. The summed E-state index contributed by atoms with van der Waals surface area (Å²) >= 11 is 0. The topological polar surface area (TPSA) is 35.5 Å². The Balaban J connectivity index is 1.99. The average Bonchev–Trinajstić information content (AvgIpc) is 2.41. The SMILES string of the molecule is COc1ccccc1C(=O)OC1CCC(C)CC1. The molecule has 0 heterocycles. The van der Waals surface area contributed by atoms with E-state index in [-0.39, 0.29) is 12.1 Å². The van der Waals surface area contributed by atoms with Gasteiger partial charge in [0.15, 0.2) is 0 Å². The van der Waals surface area contributed by atoms with Gasteiger partial charge in [-0.25, -0.2) is 4.79 Å². The van der Waals surface area contributed by atoms with Crippen molar-refractivity contribution in [2.24, 2.45) is 5.92 Å². The minimum absolute atomic E-state index is 0.0682. The lowest BCUT2D eigenvalue weighted by atomic mass is 9.89. The molecule has 0 spiro atoms. The zero-order valence-electron chi connectivity index (χ0n) is 11.0. The summed E-state index contributed by atoms with van der Waals surface area (Å²) in [5.74, 6) is 1.06. The number of carbonyl (C=O) groups is 1. The zero-order chi connectivity index (χ0) is 13.0. The first kappa shape index (κ1) is 12.9. The van der Waals surface area contributed by atoms with E-state index in [0.29, 0.717) is 11.3 Å². The molecule has 0 bridgehead atoms. The summed E-state index contributed by atoms with van der Waals surface area (Å²) in [6.07, 6.45) is 4.30. The van der Waals surface area contributed by atoms with Crippen LogP contribution in [-0.4, -0.2) is 19.2 Å². The molecule has 0 radical (unpaired) electrons. The highest BCUT2D eigenvalue weighted by Crippen LogP contribution is 2.27. The number of para-hydroxylation sites is 1. The van der Waals surface area contributed by atoms with Gasteiger partial charge < -0.3 is 9.47 Å². The fourth-order valence-electron chi connectivity index (χ4n) is 2.38. The highest BCUT2D eigenvalue weighted by Gasteiger charge is 2.23. The minimum Gasteiger partial charge on any atom is -0.496 e. The van der Waals surface area contributed by atoms with Gasteiger partial charge in [-0.05, 0) is 43.7 Å². The van der Waals surface area contributed by atoms with E-state index in [4.69, 9.17) is 9.47 Å². The van der Waals surface area contributed by atoms with Crippen LogP contribution in [0.2, 0.25) is 0 Å². The Hall–Kier alpha value is -1.51. The molecule has 1 aromatic rings. The largest absolute Gasteiger partial charge is 0.496 e. The monoisotopic (exact) mass is 248 g/mol. The molecule has 0 saturated heterocycles. The molecular weight excluding hydrogens is 228 g/mol. The van der Waals surface area contributed by atoms with Crippen LogP contribution in [0, 0.1) is 5.92 Å². The second kappa shape index (κ2) is 5.89. The first-order chi connectivity index (χ1) is 8.70. The number of ether oxygens (including phenoxy) is 2. The molecule has 0 atom stereocenters.